The van der Waals surface area contributed by atoms with E-state index in [1.54, 1.807) is 23.8 Å². The summed E-state index contributed by atoms with van der Waals surface area (Å²) in [5, 5.41) is 9.39. The van der Waals surface area contributed by atoms with Crippen molar-refractivity contribution < 1.29 is 19.4 Å². The zero-order chi connectivity index (χ0) is 15.4. The van der Waals surface area contributed by atoms with Crippen LogP contribution in [0.25, 0.3) is 0 Å². The van der Waals surface area contributed by atoms with Crippen LogP contribution < -0.4 is 0 Å². The number of hydrogen-bond donors (Lipinski definition) is 1. The van der Waals surface area contributed by atoms with Crippen molar-refractivity contribution in [1.29, 1.82) is 0 Å². The van der Waals surface area contributed by atoms with Gasteiger partial charge < -0.3 is 14.7 Å². The minimum absolute atomic E-state index is 0.0496. The van der Waals surface area contributed by atoms with E-state index < -0.39 is 17.9 Å². The van der Waals surface area contributed by atoms with Gasteiger partial charge in [-0.05, 0) is 24.0 Å². The van der Waals surface area contributed by atoms with Gasteiger partial charge in [0.05, 0.1) is 18.6 Å². The number of aliphatic carboxylic acids is 1. The van der Waals surface area contributed by atoms with Crippen LogP contribution in [0.3, 0.4) is 0 Å². The normalized spacial score (nSPS) is 21.8. The fourth-order valence-corrected chi connectivity index (χ4v) is 3.09. The molecule has 0 bridgehead atoms. The molecule has 0 aliphatic carbocycles. The van der Waals surface area contributed by atoms with Gasteiger partial charge >= 0.3 is 5.97 Å². The number of rotatable bonds is 6. The van der Waals surface area contributed by atoms with Crippen LogP contribution in [0.15, 0.2) is 29.2 Å². The molecule has 2 atom stereocenters. The number of methoxy groups -OCH3 is 1. The average Bonchev–Trinajstić information content (AvgIpc) is 2.82. The van der Waals surface area contributed by atoms with Gasteiger partial charge in [-0.25, -0.2) is 0 Å². The van der Waals surface area contributed by atoms with Crippen molar-refractivity contribution in [3.05, 3.63) is 29.8 Å². The van der Waals surface area contributed by atoms with Crippen molar-refractivity contribution in [2.24, 2.45) is 5.92 Å². The molecule has 6 heteroatoms. The first-order valence-electron chi connectivity index (χ1n) is 6.73. The summed E-state index contributed by atoms with van der Waals surface area (Å²) < 4.78 is 5.02. The van der Waals surface area contributed by atoms with Gasteiger partial charge in [0.25, 0.3) is 0 Å². The third kappa shape index (κ3) is 3.39. The fraction of sp³-hybridized carbons (Fsp3) is 0.467. The lowest BCUT2D eigenvalue weighted by atomic mass is 9.94. The Morgan fingerprint density at radius 3 is 2.62 bits per heavy atom. The molecule has 5 nitrogen and oxygen atoms in total. The molecule has 1 aliphatic rings. The van der Waals surface area contributed by atoms with E-state index in [2.05, 4.69) is 0 Å². The molecule has 0 aromatic heterocycles. The Bertz CT molecular complexity index is 517. The molecule has 0 radical (unpaired) electrons. The van der Waals surface area contributed by atoms with Crippen molar-refractivity contribution in [2.45, 2.75) is 17.4 Å². The summed E-state index contributed by atoms with van der Waals surface area (Å²) in [6, 6.07) is 7.31. The second kappa shape index (κ2) is 6.95. The number of carboxylic acids is 1. The molecule has 21 heavy (non-hydrogen) atoms. The molecular formula is C15H19NO4S. The molecule has 0 spiro atoms. The summed E-state index contributed by atoms with van der Waals surface area (Å²) in [6.45, 7) is 0.811. The van der Waals surface area contributed by atoms with Gasteiger partial charge in [0.2, 0.25) is 5.91 Å². The maximum Gasteiger partial charge on any atom is 0.309 e. The quantitative estimate of drug-likeness (QED) is 0.814. The van der Waals surface area contributed by atoms with Gasteiger partial charge in [0.1, 0.15) is 0 Å². The summed E-state index contributed by atoms with van der Waals surface area (Å²) in [7, 11) is 1.57. The first kappa shape index (κ1) is 15.9. The molecule has 1 aromatic carbocycles. The minimum Gasteiger partial charge on any atom is -0.481 e. The van der Waals surface area contributed by atoms with Gasteiger partial charge in [0, 0.05) is 25.0 Å². The Morgan fingerprint density at radius 2 is 2.10 bits per heavy atom. The highest BCUT2D eigenvalue weighted by Gasteiger charge is 2.44. The molecular weight excluding hydrogens is 290 g/mol. The predicted molar refractivity (Wildman–Crippen MR) is 80.3 cm³/mol. The number of carbonyl (C=O) groups is 2. The van der Waals surface area contributed by atoms with E-state index in [0.717, 1.165) is 10.5 Å². The smallest absolute Gasteiger partial charge is 0.309 e. The van der Waals surface area contributed by atoms with E-state index in [1.807, 2.05) is 30.5 Å². The number of likely N-dealkylation sites (tertiary alicyclic amines) is 1. The topological polar surface area (TPSA) is 66.8 Å². The highest BCUT2D eigenvalue weighted by Crippen LogP contribution is 2.38. The fourth-order valence-electron chi connectivity index (χ4n) is 2.68. The number of hydrogen-bond acceptors (Lipinski definition) is 4. The highest BCUT2D eigenvalue weighted by molar-refractivity contribution is 7.98. The first-order chi connectivity index (χ1) is 10.1. The SMILES string of the molecule is COCCN1C(=O)CC(C(=O)O)C1c1ccc(SC)cc1. The van der Waals surface area contributed by atoms with Crippen LogP contribution in [0.5, 0.6) is 0 Å². The van der Waals surface area contributed by atoms with Crippen LogP contribution in [0.2, 0.25) is 0 Å². The zero-order valence-corrected chi connectivity index (χ0v) is 12.9. The number of ether oxygens (including phenoxy) is 1. The van der Waals surface area contributed by atoms with Crippen LogP contribution >= 0.6 is 11.8 Å². The van der Waals surface area contributed by atoms with E-state index in [4.69, 9.17) is 4.74 Å². The standard InChI is InChI=1S/C15H19NO4S/c1-20-8-7-16-13(17)9-12(15(18)19)14(16)10-3-5-11(21-2)6-4-10/h3-6,12,14H,7-9H2,1-2H3,(H,18,19). The highest BCUT2D eigenvalue weighted by atomic mass is 32.2. The second-order valence-electron chi connectivity index (χ2n) is 4.95. The van der Waals surface area contributed by atoms with Crippen LogP contribution in [-0.4, -0.2) is 48.4 Å². The van der Waals surface area contributed by atoms with Crippen LogP contribution in [-0.2, 0) is 14.3 Å². The zero-order valence-electron chi connectivity index (χ0n) is 12.1. The Kier molecular flexibility index (Phi) is 5.25. The van der Waals surface area contributed by atoms with Crippen LogP contribution in [0.1, 0.15) is 18.0 Å². The first-order valence-corrected chi connectivity index (χ1v) is 7.96. The number of nitrogens with zero attached hydrogens (tertiary/aromatic N) is 1. The number of carboxylic acid groups (broad SMARTS) is 1. The monoisotopic (exact) mass is 309 g/mol. The van der Waals surface area contributed by atoms with Gasteiger partial charge in [-0.2, -0.15) is 0 Å². The van der Waals surface area contributed by atoms with E-state index in [1.165, 1.54) is 0 Å². The molecule has 1 fully saturated rings. The molecule has 1 N–H and O–H groups in total. The summed E-state index contributed by atoms with van der Waals surface area (Å²) >= 11 is 1.63. The summed E-state index contributed by atoms with van der Waals surface area (Å²) in [5.74, 6) is -1.75. The number of carbonyl (C=O) groups excluding carboxylic acids is 1. The third-order valence-electron chi connectivity index (χ3n) is 3.74. The van der Waals surface area contributed by atoms with E-state index >= 15 is 0 Å². The molecule has 1 amide bonds. The lowest BCUT2D eigenvalue weighted by molar-refractivity contribution is -0.142. The summed E-state index contributed by atoms with van der Waals surface area (Å²) in [4.78, 5) is 26.3. The Morgan fingerprint density at radius 1 is 1.43 bits per heavy atom. The lowest BCUT2D eigenvalue weighted by Gasteiger charge is -2.27. The van der Waals surface area contributed by atoms with Gasteiger partial charge in [-0.1, -0.05) is 12.1 Å². The van der Waals surface area contributed by atoms with Crippen molar-refractivity contribution >= 4 is 23.6 Å². The molecule has 1 heterocycles. The Hall–Kier alpha value is -1.53. The maximum absolute atomic E-state index is 12.1. The minimum atomic E-state index is -0.929. The van der Waals surface area contributed by atoms with Crippen molar-refractivity contribution in [1.82, 2.24) is 4.90 Å². The molecule has 2 rings (SSSR count). The van der Waals surface area contributed by atoms with E-state index in [9.17, 15) is 14.7 Å². The average molecular weight is 309 g/mol. The molecule has 1 aliphatic heterocycles. The molecule has 1 saturated heterocycles. The summed E-state index contributed by atoms with van der Waals surface area (Å²) in [5.41, 5.74) is 0.863. The molecule has 0 saturated carbocycles. The maximum atomic E-state index is 12.1. The largest absolute Gasteiger partial charge is 0.481 e. The molecule has 114 valence electrons. The van der Waals surface area contributed by atoms with Crippen molar-refractivity contribution in [3.8, 4) is 0 Å². The van der Waals surface area contributed by atoms with Crippen LogP contribution in [0, 0.1) is 5.92 Å². The van der Waals surface area contributed by atoms with Gasteiger partial charge in [-0.15, -0.1) is 11.8 Å². The molecule has 1 aromatic rings. The van der Waals surface area contributed by atoms with Gasteiger partial charge in [0.15, 0.2) is 0 Å². The van der Waals surface area contributed by atoms with Crippen molar-refractivity contribution in [3.63, 3.8) is 0 Å². The number of thioether (sulfide) groups is 1. The van der Waals surface area contributed by atoms with E-state index in [-0.39, 0.29) is 12.3 Å². The summed E-state index contributed by atoms with van der Waals surface area (Å²) in [6.07, 6.45) is 2.03. The van der Waals surface area contributed by atoms with Crippen molar-refractivity contribution in [2.75, 3.05) is 26.5 Å². The third-order valence-corrected chi connectivity index (χ3v) is 4.49. The molecule has 2 unspecified atom stereocenters. The Balaban J connectivity index is 2.31. The number of amides is 1. The number of benzene rings is 1. The van der Waals surface area contributed by atoms with E-state index in [0.29, 0.717) is 13.2 Å². The van der Waals surface area contributed by atoms with Gasteiger partial charge in [-0.3, -0.25) is 9.59 Å². The lowest BCUT2D eigenvalue weighted by Crippen LogP contribution is -2.33. The second-order valence-corrected chi connectivity index (χ2v) is 5.83. The predicted octanol–water partition coefficient (Wildman–Crippen LogP) is 2.03. The van der Waals surface area contributed by atoms with Crippen LogP contribution in [0.4, 0.5) is 0 Å². The Labute approximate surface area is 128 Å².